The Hall–Kier alpha value is -3.58. The van der Waals surface area contributed by atoms with E-state index in [4.69, 9.17) is 4.74 Å². The van der Waals surface area contributed by atoms with E-state index in [9.17, 15) is 19.6 Å². The summed E-state index contributed by atoms with van der Waals surface area (Å²) in [6.07, 6.45) is 4.94. The summed E-state index contributed by atoms with van der Waals surface area (Å²) in [5.74, 6) is -0.401. The number of carbonyl (C=O) groups is 3. The van der Waals surface area contributed by atoms with Crippen molar-refractivity contribution in [1.29, 1.82) is 5.26 Å². The number of likely N-dealkylation sites (tertiary alicyclic amines) is 1. The van der Waals surface area contributed by atoms with Crippen molar-refractivity contribution in [3.05, 3.63) is 36.2 Å². The van der Waals surface area contributed by atoms with Gasteiger partial charge >= 0.3 is 0 Å². The Morgan fingerprint density at radius 2 is 1.97 bits per heavy atom. The number of nitrogens with one attached hydrogen (secondary N) is 2. The molecule has 0 bridgehead atoms. The molecule has 2 aromatic rings. The smallest absolute Gasteiger partial charge is 0.245 e. The van der Waals surface area contributed by atoms with E-state index in [0.717, 1.165) is 23.6 Å². The molecule has 4 fully saturated rings. The SMILES string of the molecule is CC1(C)[C@@H]2[C@@H](C(=O)NC(C#N)c3nncc4ccccc34)N(C(=O)[C@H](CC3CC3)NC(=O)[C@H]3CCOC3)C[C@@H]21. The van der Waals surface area contributed by atoms with Crippen molar-refractivity contribution in [1.82, 2.24) is 25.7 Å². The molecular formula is C29H34N6O4. The van der Waals surface area contributed by atoms with Crippen LogP contribution in [-0.2, 0) is 19.1 Å². The summed E-state index contributed by atoms with van der Waals surface area (Å²) >= 11 is 0. The lowest BCUT2D eigenvalue weighted by Gasteiger charge is -2.33. The molecule has 3 heterocycles. The minimum atomic E-state index is -1.02. The first-order valence-electron chi connectivity index (χ1n) is 13.9. The Morgan fingerprint density at radius 3 is 2.69 bits per heavy atom. The molecule has 4 aliphatic rings. The van der Waals surface area contributed by atoms with Crippen LogP contribution in [0.4, 0.5) is 0 Å². The van der Waals surface area contributed by atoms with Crippen molar-refractivity contribution in [2.45, 2.75) is 57.7 Å². The zero-order valence-electron chi connectivity index (χ0n) is 22.3. The van der Waals surface area contributed by atoms with Gasteiger partial charge in [-0.1, -0.05) is 51.0 Å². The average molecular weight is 531 g/mol. The highest BCUT2D eigenvalue weighted by atomic mass is 16.5. The van der Waals surface area contributed by atoms with Crippen molar-refractivity contribution < 1.29 is 19.1 Å². The molecule has 3 amide bonds. The molecule has 2 aliphatic heterocycles. The van der Waals surface area contributed by atoms with E-state index < -0.39 is 18.1 Å². The highest BCUT2D eigenvalue weighted by Gasteiger charge is 2.69. The minimum Gasteiger partial charge on any atom is -0.381 e. The predicted octanol–water partition coefficient (Wildman–Crippen LogP) is 2.12. The second-order valence-corrected chi connectivity index (χ2v) is 12.1. The Bertz CT molecular complexity index is 1340. The molecule has 10 nitrogen and oxygen atoms in total. The third kappa shape index (κ3) is 4.73. The molecule has 204 valence electrons. The fourth-order valence-corrected chi connectivity index (χ4v) is 6.61. The number of aromatic nitrogens is 2. The van der Waals surface area contributed by atoms with Crippen LogP contribution in [0.15, 0.2) is 30.5 Å². The van der Waals surface area contributed by atoms with Crippen LogP contribution < -0.4 is 10.6 Å². The Labute approximate surface area is 227 Å². The number of nitriles is 1. The summed E-state index contributed by atoms with van der Waals surface area (Å²) in [5, 5.41) is 25.7. The van der Waals surface area contributed by atoms with Gasteiger partial charge in [-0.3, -0.25) is 14.4 Å². The maximum absolute atomic E-state index is 14.0. The number of hydrogen-bond donors (Lipinski definition) is 2. The first-order valence-corrected chi connectivity index (χ1v) is 13.9. The van der Waals surface area contributed by atoms with Gasteiger partial charge in [-0.25, -0.2) is 0 Å². The first-order chi connectivity index (χ1) is 18.8. The topological polar surface area (TPSA) is 137 Å². The van der Waals surface area contributed by atoms with Gasteiger partial charge < -0.3 is 20.3 Å². The minimum absolute atomic E-state index is 0.0140. The molecule has 10 heteroatoms. The van der Waals surface area contributed by atoms with Crippen molar-refractivity contribution >= 4 is 28.5 Å². The van der Waals surface area contributed by atoms with Gasteiger partial charge in [-0.15, -0.1) is 0 Å². The van der Waals surface area contributed by atoms with Crippen LogP contribution in [0, 0.1) is 40.4 Å². The largest absolute Gasteiger partial charge is 0.381 e. The molecule has 6 atom stereocenters. The number of rotatable bonds is 8. The molecule has 6 rings (SSSR count). The predicted molar refractivity (Wildman–Crippen MR) is 140 cm³/mol. The summed E-state index contributed by atoms with van der Waals surface area (Å²) in [6, 6.07) is 7.22. The number of nitrogens with zero attached hydrogens (tertiary/aromatic N) is 4. The number of amides is 3. The summed E-state index contributed by atoms with van der Waals surface area (Å²) < 4.78 is 5.37. The molecule has 2 N–H and O–H groups in total. The van der Waals surface area contributed by atoms with Crippen LogP contribution in [0.25, 0.3) is 10.8 Å². The molecule has 0 radical (unpaired) electrons. The zero-order chi connectivity index (χ0) is 27.3. The van der Waals surface area contributed by atoms with E-state index in [2.05, 4.69) is 40.7 Å². The maximum Gasteiger partial charge on any atom is 0.245 e. The number of fused-ring (bicyclic) bond motifs is 2. The highest BCUT2D eigenvalue weighted by molar-refractivity contribution is 5.94. The Morgan fingerprint density at radius 1 is 1.18 bits per heavy atom. The Balaban J connectivity index is 1.23. The van der Waals surface area contributed by atoms with Gasteiger partial charge in [-0.05, 0) is 36.0 Å². The molecule has 2 saturated heterocycles. The zero-order valence-corrected chi connectivity index (χ0v) is 22.3. The van der Waals surface area contributed by atoms with E-state index in [1.807, 2.05) is 24.3 Å². The van der Waals surface area contributed by atoms with E-state index in [1.54, 1.807) is 11.1 Å². The number of piperidine rings is 1. The van der Waals surface area contributed by atoms with Crippen LogP contribution in [0.2, 0.25) is 0 Å². The van der Waals surface area contributed by atoms with Crippen LogP contribution in [0.5, 0.6) is 0 Å². The molecule has 1 aromatic carbocycles. The standard InChI is InChI=1S/C29H34N6O4/c1-29(2)20-14-35(28(38)21(11-16-7-8-16)32-26(36)18-9-10-39-15-18)25(23(20)29)27(37)33-22(12-30)24-19-6-4-3-5-17(19)13-31-34-24/h3-6,13,16,18,20-23,25H,7-11,14-15H2,1-2H3,(H,32,36)(H,33,37)/t18-,20-,21-,22?,23-,25-/m0/s1. The van der Waals surface area contributed by atoms with Crippen LogP contribution in [0.1, 0.15) is 51.3 Å². The molecule has 39 heavy (non-hydrogen) atoms. The third-order valence-corrected chi connectivity index (χ3v) is 9.23. The van der Waals surface area contributed by atoms with Crippen LogP contribution in [0.3, 0.4) is 0 Å². The average Bonchev–Trinajstić information content (AvgIpc) is 3.63. The highest BCUT2D eigenvalue weighted by Crippen LogP contribution is 2.65. The lowest BCUT2D eigenvalue weighted by molar-refractivity contribution is -0.144. The molecule has 1 aromatic heterocycles. The number of benzene rings is 1. The summed E-state index contributed by atoms with van der Waals surface area (Å²) in [6.45, 7) is 5.62. The van der Waals surface area contributed by atoms with E-state index in [-0.39, 0.29) is 40.9 Å². The third-order valence-electron chi connectivity index (χ3n) is 9.23. The number of hydrogen-bond acceptors (Lipinski definition) is 7. The fraction of sp³-hybridized carbons (Fsp3) is 0.586. The summed E-state index contributed by atoms with van der Waals surface area (Å²) in [4.78, 5) is 42.4. The van der Waals surface area contributed by atoms with Crippen molar-refractivity contribution in [3.8, 4) is 6.07 Å². The quantitative estimate of drug-likeness (QED) is 0.533. The monoisotopic (exact) mass is 530 g/mol. The van der Waals surface area contributed by atoms with Gasteiger partial charge in [0.25, 0.3) is 0 Å². The van der Waals surface area contributed by atoms with Gasteiger partial charge in [-0.2, -0.15) is 15.5 Å². The van der Waals surface area contributed by atoms with Gasteiger partial charge in [0, 0.05) is 23.9 Å². The normalized spacial score (nSPS) is 28.3. The van der Waals surface area contributed by atoms with Crippen molar-refractivity contribution in [2.24, 2.45) is 29.1 Å². The summed E-state index contributed by atoms with van der Waals surface area (Å²) in [7, 11) is 0. The second-order valence-electron chi connectivity index (χ2n) is 12.1. The van der Waals surface area contributed by atoms with Gasteiger partial charge in [0.1, 0.15) is 17.8 Å². The number of ether oxygens (including phenoxy) is 1. The Kier molecular flexibility index (Phi) is 6.50. The lowest BCUT2D eigenvalue weighted by atomic mass is 9.98. The van der Waals surface area contributed by atoms with Crippen LogP contribution in [-0.4, -0.2) is 64.7 Å². The maximum atomic E-state index is 14.0. The first kappa shape index (κ1) is 25.7. The molecular weight excluding hydrogens is 496 g/mol. The summed E-state index contributed by atoms with van der Waals surface area (Å²) in [5.41, 5.74) is 0.292. The van der Waals surface area contributed by atoms with Gasteiger partial charge in [0.15, 0.2) is 6.04 Å². The van der Waals surface area contributed by atoms with Crippen molar-refractivity contribution in [2.75, 3.05) is 19.8 Å². The molecule has 2 saturated carbocycles. The van der Waals surface area contributed by atoms with Gasteiger partial charge in [0.05, 0.1) is 24.8 Å². The van der Waals surface area contributed by atoms with Crippen LogP contribution >= 0.6 is 0 Å². The fourth-order valence-electron chi connectivity index (χ4n) is 6.61. The molecule has 2 aliphatic carbocycles. The van der Waals surface area contributed by atoms with E-state index in [0.29, 0.717) is 44.2 Å². The molecule has 0 spiro atoms. The second kappa shape index (κ2) is 9.87. The van der Waals surface area contributed by atoms with Crippen molar-refractivity contribution in [3.63, 3.8) is 0 Å². The molecule has 1 unspecified atom stereocenters. The van der Waals surface area contributed by atoms with E-state index >= 15 is 0 Å². The lowest BCUT2D eigenvalue weighted by Crippen LogP contribution is -2.56. The number of carbonyl (C=O) groups excluding carboxylic acids is 3. The van der Waals surface area contributed by atoms with Gasteiger partial charge in [0.2, 0.25) is 17.7 Å². The van der Waals surface area contributed by atoms with E-state index in [1.165, 1.54) is 0 Å².